The molecule has 1 aromatic carbocycles. The van der Waals surface area contributed by atoms with Crippen LogP contribution >= 0.6 is 22.6 Å². The van der Waals surface area contributed by atoms with E-state index in [1.54, 1.807) is 0 Å². The van der Waals surface area contributed by atoms with Crippen LogP contribution in [0.5, 0.6) is 0 Å². The van der Waals surface area contributed by atoms with E-state index in [1.165, 1.54) is 12.0 Å². The lowest BCUT2D eigenvalue weighted by molar-refractivity contribution is -0.393. The molecule has 7 atom stereocenters. The van der Waals surface area contributed by atoms with Crippen LogP contribution in [-0.4, -0.2) is 29.0 Å². The molecular formula is C23H33IO3. The van der Waals surface area contributed by atoms with Crippen molar-refractivity contribution in [3.63, 3.8) is 0 Å². The third-order valence-corrected chi connectivity index (χ3v) is 9.13. The zero-order valence-corrected chi connectivity index (χ0v) is 19.5. The SMILES string of the molecule is CO[C@@H](c1ccccc1)[C@H](I)[C@H]1OC(C)(C)O[C@@H]2C[C@@H]3C[C@@H](C3(C)C)[C@]12C. The number of methoxy groups -OCH3 is 1. The lowest BCUT2D eigenvalue weighted by atomic mass is 9.39. The zero-order chi connectivity index (χ0) is 19.6. The molecule has 1 saturated heterocycles. The number of ether oxygens (including phenoxy) is 3. The van der Waals surface area contributed by atoms with Crippen molar-refractivity contribution in [1.82, 2.24) is 0 Å². The first-order valence-corrected chi connectivity index (χ1v) is 11.4. The summed E-state index contributed by atoms with van der Waals surface area (Å²) in [7, 11) is 1.82. The minimum atomic E-state index is -0.554. The van der Waals surface area contributed by atoms with Crippen molar-refractivity contribution < 1.29 is 14.2 Å². The van der Waals surface area contributed by atoms with Crippen LogP contribution in [0.15, 0.2) is 30.3 Å². The highest BCUT2D eigenvalue weighted by Crippen LogP contribution is 2.70. The Morgan fingerprint density at radius 1 is 1.04 bits per heavy atom. The highest BCUT2D eigenvalue weighted by Gasteiger charge is 2.69. The topological polar surface area (TPSA) is 27.7 Å². The summed E-state index contributed by atoms with van der Waals surface area (Å²) >= 11 is 2.58. The van der Waals surface area contributed by atoms with Crippen molar-refractivity contribution in [2.24, 2.45) is 22.7 Å². The third-order valence-electron chi connectivity index (χ3n) is 7.82. The molecule has 0 aromatic heterocycles. The molecule has 1 aliphatic heterocycles. The van der Waals surface area contributed by atoms with E-state index in [0.717, 1.165) is 12.3 Å². The Morgan fingerprint density at radius 2 is 1.70 bits per heavy atom. The van der Waals surface area contributed by atoms with Gasteiger partial charge in [0.2, 0.25) is 0 Å². The average Bonchev–Trinajstić information content (AvgIpc) is 2.61. The lowest BCUT2D eigenvalue weighted by Gasteiger charge is -2.71. The van der Waals surface area contributed by atoms with Crippen molar-refractivity contribution in [3.05, 3.63) is 35.9 Å². The van der Waals surface area contributed by atoms with Gasteiger partial charge in [0.25, 0.3) is 0 Å². The fourth-order valence-corrected chi connectivity index (χ4v) is 7.86. The zero-order valence-electron chi connectivity index (χ0n) is 17.4. The second-order valence-electron chi connectivity index (χ2n) is 9.96. The van der Waals surface area contributed by atoms with Crippen molar-refractivity contribution in [2.45, 2.75) is 75.5 Å². The van der Waals surface area contributed by atoms with E-state index < -0.39 is 5.79 Å². The molecule has 3 saturated carbocycles. The first kappa shape index (κ1) is 20.1. The van der Waals surface area contributed by atoms with Gasteiger partial charge < -0.3 is 14.2 Å². The number of halogens is 1. The van der Waals surface area contributed by atoms with Gasteiger partial charge in [-0.3, -0.25) is 0 Å². The standard InChI is InChI=1S/C23H33IO3/c1-21(2)15-12-16(21)23(5)17(13-15)26-22(3,4)27-20(23)18(24)19(25-6)14-10-8-7-9-11-14/h7-11,15-20H,12-13H2,1-6H3/t15-,16-,17+,18-,19-,20+,23-/m0/s1. The Kier molecular flexibility index (Phi) is 4.98. The van der Waals surface area contributed by atoms with Crippen LogP contribution in [0.3, 0.4) is 0 Å². The normalized spacial score (nSPS) is 41.1. The van der Waals surface area contributed by atoms with E-state index >= 15 is 0 Å². The average molecular weight is 484 g/mol. The predicted molar refractivity (Wildman–Crippen MR) is 116 cm³/mol. The monoisotopic (exact) mass is 484 g/mol. The van der Waals surface area contributed by atoms with Crippen LogP contribution in [0.25, 0.3) is 0 Å². The van der Waals surface area contributed by atoms with Gasteiger partial charge in [0, 0.05) is 12.5 Å². The van der Waals surface area contributed by atoms with Crippen LogP contribution in [0.4, 0.5) is 0 Å². The summed E-state index contributed by atoms with van der Waals surface area (Å²) in [5.41, 5.74) is 1.59. The molecule has 1 heterocycles. The van der Waals surface area contributed by atoms with E-state index in [-0.39, 0.29) is 27.7 Å². The van der Waals surface area contributed by atoms with Crippen LogP contribution in [-0.2, 0) is 14.2 Å². The van der Waals surface area contributed by atoms with Crippen LogP contribution < -0.4 is 0 Å². The Morgan fingerprint density at radius 3 is 2.30 bits per heavy atom. The van der Waals surface area contributed by atoms with Crippen LogP contribution in [0, 0.1) is 22.7 Å². The van der Waals surface area contributed by atoms with E-state index in [0.29, 0.717) is 11.3 Å². The molecule has 27 heavy (non-hydrogen) atoms. The van der Waals surface area contributed by atoms with E-state index in [2.05, 4.69) is 87.5 Å². The molecule has 1 aromatic rings. The molecule has 4 fully saturated rings. The molecule has 3 nitrogen and oxygen atoms in total. The summed E-state index contributed by atoms with van der Waals surface area (Å²) in [6.45, 7) is 11.4. The van der Waals surface area contributed by atoms with Crippen LogP contribution in [0.2, 0.25) is 0 Å². The summed E-state index contributed by atoms with van der Waals surface area (Å²) in [5, 5.41) is 0. The number of hydrogen-bond acceptors (Lipinski definition) is 3. The van der Waals surface area contributed by atoms with Crippen molar-refractivity contribution in [3.8, 4) is 0 Å². The Bertz CT molecular complexity index is 688. The maximum atomic E-state index is 6.69. The number of hydrogen-bond donors (Lipinski definition) is 0. The summed E-state index contributed by atoms with van der Waals surface area (Å²) in [5.74, 6) is 0.844. The second kappa shape index (κ2) is 6.68. The molecule has 0 amide bonds. The highest BCUT2D eigenvalue weighted by atomic mass is 127. The van der Waals surface area contributed by atoms with Crippen molar-refractivity contribution >= 4 is 22.6 Å². The molecule has 2 bridgehead atoms. The van der Waals surface area contributed by atoms with E-state index in [9.17, 15) is 0 Å². The Balaban J connectivity index is 1.72. The van der Waals surface area contributed by atoms with Gasteiger partial charge in [-0.1, -0.05) is 73.7 Å². The van der Waals surface area contributed by atoms with Crippen LogP contribution in [0.1, 0.15) is 59.1 Å². The molecule has 0 spiro atoms. The predicted octanol–water partition coefficient (Wildman–Crippen LogP) is 5.77. The van der Waals surface area contributed by atoms with Gasteiger partial charge in [-0.2, -0.15) is 0 Å². The van der Waals surface area contributed by atoms with Gasteiger partial charge in [-0.25, -0.2) is 0 Å². The minimum Gasteiger partial charge on any atom is -0.376 e. The maximum Gasteiger partial charge on any atom is 0.163 e. The van der Waals surface area contributed by atoms with Crippen molar-refractivity contribution in [1.29, 1.82) is 0 Å². The Hall–Kier alpha value is -0.170. The molecular weight excluding hydrogens is 451 g/mol. The van der Waals surface area contributed by atoms with Gasteiger partial charge >= 0.3 is 0 Å². The fourth-order valence-electron chi connectivity index (χ4n) is 6.23. The molecule has 3 aliphatic carbocycles. The molecule has 0 unspecified atom stereocenters. The van der Waals surface area contributed by atoms with Gasteiger partial charge in [0.05, 0.1) is 22.2 Å². The molecule has 0 radical (unpaired) electrons. The summed E-state index contributed by atoms with van der Waals surface area (Å²) in [4.78, 5) is 0. The first-order chi connectivity index (χ1) is 12.6. The van der Waals surface area contributed by atoms with E-state index in [1.807, 2.05) is 7.11 Å². The molecule has 5 rings (SSSR count). The summed E-state index contributed by atoms with van der Waals surface area (Å²) in [6.07, 6.45) is 2.80. The minimum absolute atomic E-state index is 0.00378. The smallest absolute Gasteiger partial charge is 0.163 e. The highest BCUT2D eigenvalue weighted by molar-refractivity contribution is 14.1. The quantitative estimate of drug-likeness (QED) is 0.401. The third kappa shape index (κ3) is 3.01. The molecule has 150 valence electrons. The molecule has 0 N–H and O–H groups in total. The van der Waals surface area contributed by atoms with Gasteiger partial charge in [-0.05, 0) is 49.5 Å². The fraction of sp³-hybridized carbons (Fsp3) is 0.739. The van der Waals surface area contributed by atoms with E-state index in [4.69, 9.17) is 14.2 Å². The largest absolute Gasteiger partial charge is 0.376 e. The number of benzene rings is 1. The molecule has 4 heteroatoms. The lowest BCUT2D eigenvalue weighted by Crippen LogP contribution is -2.72. The first-order valence-electron chi connectivity index (χ1n) is 10.2. The van der Waals surface area contributed by atoms with Gasteiger partial charge in [-0.15, -0.1) is 0 Å². The molecule has 4 aliphatic rings. The number of rotatable bonds is 4. The second-order valence-corrected chi connectivity index (χ2v) is 11.4. The van der Waals surface area contributed by atoms with Gasteiger partial charge in [0.1, 0.15) is 0 Å². The summed E-state index contributed by atoms with van der Waals surface area (Å²) < 4.78 is 19.4. The van der Waals surface area contributed by atoms with Crippen molar-refractivity contribution in [2.75, 3.05) is 7.11 Å². The number of alkyl halides is 1. The Labute approximate surface area is 177 Å². The maximum absolute atomic E-state index is 6.69. The summed E-state index contributed by atoms with van der Waals surface area (Å²) in [6, 6.07) is 10.6. The van der Waals surface area contributed by atoms with Gasteiger partial charge in [0.15, 0.2) is 5.79 Å².